The van der Waals surface area contributed by atoms with Crippen molar-refractivity contribution in [1.29, 1.82) is 11.1 Å². The Morgan fingerprint density at radius 1 is 1.23 bits per heavy atom. The van der Waals surface area contributed by atoms with E-state index in [-0.39, 0.29) is 0 Å². The van der Waals surface area contributed by atoms with Gasteiger partial charge in [-0.3, -0.25) is 4.79 Å². The number of unbranched alkanes of at least 4 members (excludes halogenated alkanes) is 4. The van der Waals surface area contributed by atoms with Crippen LogP contribution in [0.5, 0.6) is 0 Å². The van der Waals surface area contributed by atoms with E-state index in [9.17, 15) is 4.79 Å². The first-order chi connectivity index (χ1) is 6.18. The van der Waals surface area contributed by atoms with Gasteiger partial charge in [0, 0.05) is 6.42 Å². The third-order valence-corrected chi connectivity index (χ3v) is 1.49. The topological polar surface area (TPSA) is 99.1 Å². The van der Waals surface area contributed by atoms with Crippen molar-refractivity contribution in [2.24, 2.45) is 0 Å². The Bertz CT molecular complexity index is 153. The molecule has 0 bridgehead atoms. The summed E-state index contributed by atoms with van der Waals surface area (Å²) in [6, 6.07) is 0. The van der Waals surface area contributed by atoms with Gasteiger partial charge in [0.1, 0.15) is 11.1 Å². The summed E-state index contributed by atoms with van der Waals surface area (Å²) in [7, 11) is 0. The fourth-order valence-corrected chi connectivity index (χ4v) is 0.880. The summed E-state index contributed by atoms with van der Waals surface area (Å²) >= 11 is 0. The van der Waals surface area contributed by atoms with E-state index >= 15 is 0 Å². The number of nitrogens with one attached hydrogen (secondary N) is 2. The van der Waals surface area contributed by atoms with Crippen LogP contribution in [-0.2, 0) is 4.79 Å². The highest BCUT2D eigenvalue weighted by Crippen LogP contribution is 2.04. The quantitative estimate of drug-likeness (QED) is 0.339. The summed E-state index contributed by atoms with van der Waals surface area (Å²) in [4.78, 5) is 12.0. The Hall–Kier alpha value is -1.22. The molecular formula is C8H18N3O2+. The Balaban J connectivity index is 0. The molecule has 0 aliphatic rings. The smallest absolute Gasteiger partial charge is 0.303 e. The van der Waals surface area contributed by atoms with Gasteiger partial charge in [0.2, 0.25) is 4.91 Å². The van der Waals surface area contributed by atoms with Crippen molar-refractivity contribution in [1.82, 2.24) is 4.91 Å². The molecule has 3 N–H and O–H groups in total. The van der Waals surface area contributed by atoms with Gasteiger partial charge in [-0.2, -0.15) is 0 Å². The summed E-state index contributed by atoms with van der Waals surface area (Å²) in [6.45, 7) is 2.15. The maximum Gasteiger partial charge on any atom is 0.303 e. The predicted octanol–water partition coefficient (Wildman–Crippen LogP) is 2.55. The largest absolute Gasteiger partial charge is 0.481 e. The molecule has 76 valence electrons. The summed E-state index contributed by atoms with van der Waals surface area (Å²) < 4.78 is 0. The molecule has 0 fully saturated rings. The van der Waals surface area contributed by atoms with Crippen LogP contribution >= 0.6 is 0 Å². The van der Waals surface area contributed by atoms with Gasteiger partial charge in [0.15, 0.2) is 0 Å². The molecule has 0 aliphatic carbocycles. The van der Waals surface area contributed by atoms with Crippen molar-refractivity contribution < 1.29 is 9.90 Å². The van der Waals surface area contributed by atoms with Gasteiger partial charge in [-0.25, -0.2) is 0 Å². The minimum absolute atomic E-state index is 0.337. The lowest BCUT2D eigenvalue weighted by Gasteiger charge is -1.95. The maximum absolute atomic E-state index is 10.0. The van der Waals surface area contributed by atoms with E-state index in [1.54, 1.807) is 0 Å². The zero-order valence-electron chi connectivity index (χ0n) is 8.05. The van der Waals surface area contributed by atoms with Crippen LogP contribution in [0.1, 0.15) is 45.4 Å². The molecule has 5 nitrogen and oxygen atoms in total. The molecule has 0 atom stereocenters. The Morgan fingerprint density at radius 3 is 2.08 bits per heavy atom. The van der Waals surface area contributed by atoms with Crippen molar-refractivity contribution in [3.8, 4) is 0 Å². The van der Waals surface area contributed by atoms with Crippen molar-refractivity contribution in [2.75, 3.05) is 0 Å². The molecule has 0 aromatic rings. The van der Waals surface area contributed by atoms with E-state index in [2.05, 4.69) is 6.92 Å². The van der Waals surface area contributed by atoms with Crippen LogP contribution in [0.25, 0.3) is 0 Å². The average Bonchev–Trinajstić information content (AvgIpc) is 2.05. The minimum atomic E-state index is -0.670. The number of aliphatic carboxylic acids is 1. The monoisotopic (exact) mass is 188 g/mol. The molecule has 0 rings (SSSR count). The van der Waals surface area contributed by atoms with Crippen LogP contribution < -0.4 is 4.91 Å². The first-order valence-electron chi connectivity index (χ1n) is 4.44. The molecule has 0 heterocycles. The number of rotatable bonds is 6. The molecule has 0 saturated carbocycles. The average molecular weight is 188 g/mol. The van der Waals surface area contributed by atoms with Crippen molar-refractivity contribution in [3.05, 3.63) is 0 Å². The Morgan fingerprint density at radius 2 is 1.69 bits per heavy atom. The summed E-state index contributed by atoms with van der Waals surface area (Å²) in [5, 5.41) is 8.27. The van der Waals surface area contributed by atoms with Crippen LogP contribution in [0.4, 0.5) is 0 Å². The van der Waals surface area contributed by atoms with Gasteiger partial charge in [-0.1, -0.05) is 32.6 Å². The molecule has 0 radical (unpaired) electrons. The fourth-order valence-electron chi connectivity index (χ4n) is 0.880. The maximum atomic E-state index is 10.0. The van der Waals surface area contributed by atoms with E-state index in [0.717, 1.165) is 12.8 Å². The second-order valence-electron chi connectivity index (χ2n) is 2.67. The SMILES string of the molecule is CCCCCCCC(=O)O.N=[N+]=N. The van der Waals surface area contributed by atoms with Crippen LogP contribution in [0, 0.1) is 11.1 Å². The van der Waals surface area contributed by atoms with Crippen molar-refractivity contribution >= 4 is 5.97 Å². The van der Waals surface area contributed by atoms with Crippen LogP contribution in [0.2, 0.25) is 0 Å². The van der Waals surface area contributed by atoms with Crippen molar-refractivity contribution in [2.45, 2.75) is 45.4 Å². The lowest BCUT2D eigenvalue weighted by molar-refractivity contribution is -0.137. The number of nitrogens with zero attached hydrogens (tertiary/aromatic N) is 1. The fraction of sp³-hybridized carbons (Fsp3) is 0.875. The van der Waals surface area contributed by atoms with Gasteiger partial charge < -0.3 is 5.11 Å². The second-order valence-corrected chi connectivity index (χ2v) is 2.67. The molecule has 13 heavy (non-hydrogen) atoms. The zero-order chi connectivity index (χ0) is 10.5. The lowest BCUT2D eigenvalue weighted by atomic mass is 10.1. The van der Waals surface area contributed by atoms with E-state index in [0.29, 0.717) is 6.42 Å². The highest BCUT2D eigenvalue weighted by atomic mass is 16.4. The highest BCUT2D eigenvalue weighted by molar-refractivity contribution is 5.66. The number of carbonyl (C=O) groups is 1. The summed E-state index contributed by atoms with van der Waals surface area (Å²) in [6.07, 6.45) is 5.88. The molecule has 0 spiro atoms. The number of hydrogen-bond acceptors (Lipinski definition) is 3. The summed E-state index contributed by atoms with van der Waals surface area (Å²) in [5.41, 5.74) is 11.0. The number of carboxylic acid groups (broad SMARTS) is 1. The van der Waals surface area contributed by atoms with Crippen LogP contribution in [0.15, 0.2) is 0 Å². The molecule has 0 aromatic heterocycles. The molecule has 0 unspecified atom stereocenters. The predicted molar refractivity (Wildman–Crippen MR) is 48.6 cm³/mol. The minimum Gasteiger partial charge on any atom is -0.481 e. The molecule has 0 amide bonds. The third-order valence-electron chi connectivity index (χ3n) is 1.49. The summed E-state index contributed by atoms with van der Waals surface area (Å²) in [5.74, 6) is -0.670. The van der Waals surface area contributed by atoms with Gasteiger partial charge in [-0.15, -0.1) is 0 Å². The number of hydrogen-bond donors (Lipinski definition) is 3. The molecular weight excluding hydrogens is 170 g/mol. The van der Waals surface area contributed by atoms with Crippen LogP contribution in [-0.4, -0.2) is 11.1 Å². The lowest BCUT2D eigenvalue weighted by Crippen LogP contribution is -1.93. The van der Waals surface area contributed by atoms with Crippen LogP contribution in [0.3, 0.4) is 0 Å². The molecule has 5 heteroatoms. The molecule has 0 saturated heterocycles. The van der Waals surface area contributed by atoms with Gasteiger partial charge in [0.05, 0.1) is 0 Å². The zero-order valence-corrected chi connectivity index (χ0v) is 8.05. The standard InChI is InChI=1S/C8H16O2.H2N3/c1-2-3-4-5-6-7-8(9)10;1-3-2/h2-7H2,1H3,(H,9,10);1-2H/q;+1. The number of carboxylic acids is 1. The second kappa shape index (κ2) is 13.4. The van der Waals surface area contributed by atoms with E-state index in [1.807, 2.05) is 4.91 Å². The Labute approximate surface area is 78.2 Å². The van der Waals surface area contributed by atoms with Gasteiger partial charge >= 0.3 is 5.97 Å². The Kier molecular flexibility index (Phi) is 14.7. The first kappa shape index (κ1) is 14.3. The van der Waals surface area contributed by atoms with Gasteiger partial charge in [0.25, 0.3) is 0 Å². The van der Waals surface area contributed by atoms with Crippen molar-refractivity contribution in [3.63, 3.8) is 0 Å². The van der Waals surface area contributed by atoms with E-state index in [1.165, 1.54) is 19.3 Å². The van der Waals surface area contributed by atoms with E-state index in [4.69, 9.17) is 16.2 Å². The molecule has 0 aromatic carbocycles. The molecule has 0 aliphatic heterocycles. The normalized spacial score (nSPS) is 8.08. The first-order valence-corrected chi connectivity index (χ1v) is 4.44. The third kappa shape index (κ3) is 24.9. The van der Waals surface area contributed by atoms with Gasteiger partial charge in [-0.05, 0) is 6.42 Å². The van der Waals surface area contributed by atoms with E-state index < -0.39 is 5.97 Å². The highest BCUT2D eigenvalue weighted by Gasteiger charge is 1.94.